The Kier molecular flexibility index (Phi) is 4.19. The second kappa shape index (κ2) is 5.67. The Balaban J connectivity index is 2.16. The van der Waals surface area contributed by atoms with Crippen LogP contribution in [-0.4, -0.2) is 17.0 Å². The van der Waals surface area contributed by atoms with Crippen molar-refractivity contribution in [2.75, 3.05) is 11.9 Å². The molecular formula is C13H13BrClN3. The van der Waals surface area contributed by atoms with Gasteiger partial charge in [-0.25, -0.2) is 9.97 Å². The van der Waals surface area contributed by atoms with E-state index in [2.05, 4.69) is 38.0 Å². The third-order valence-electron chi connectivity index (χ3n) is 2.54. The Labute approximate surface area is 120 Å². The third-order valence-corrected chi connectivity index (χ3v) is 3.24. The molecule has 0 atom stereocenters. The monoisotopic (exact) mass is 325 g/mol. The van der Waals surface area contributed by atoms with Crippen molar-refractivity contribution >= 4 is 33.3 Å². The van der Waals surface area contributed by atoms with Crippen LogP contribution in [0.1, 0.15) is 11.3 Å². The summed E-state index contributed by atoms with van der Waals surface area (Å²) in [5.41, 5.74) is 2.08. The maximum Gasteiger partial charge on any atom is 0.224 e. The molecule has 0 aliphatic heterocycles. The molecule has 1 aromatic heterocycles. The Hall–Kier alpha value is -1.13. The van der Waals surface area contributed by atoms with E-state index in [4.69, 9.17) is 11.6 Å². The first kappa shape index (κ1) is 13.3. The summed E-state index contributed by atoms with van der Waals surface area (Å²) in [6, 6.07) is 10.1. The van der Waals surface area contributed by atoms with Gasteiger partial charge in [-0.1, -0.05) is 28.1 Å². The number of benzene rings is 1. The van der Waals surface area contributed by atoms with Gasteiger partial charge in [0.2, 0.25) is 5.28 Å². The zero-order valence-corrected chi connectivity index (χ0v) is 12.5. The predicted molar refractivity (Wildman–Crippen MR) is 78.0 cm³/mol. The van der Waals surface area contributed by atoms with Gasteiger partial charge in [0, 0.05) is 29.8 Å². The molecule has 3 nitrogen and oxygen atoms in total. The quantitative estimate of drug-likeness (QED) is 0.803. The number of hydrogen-bond acceptors (Lipinski definition) is 3. The number of anilines is 1. The Morgan fingerprint density at radius 2 is 1.89 bits per heavy atom. The molecule has 2 aromatic rings. The van der Waals surface area contributed by atoms with E-state index in [1.165, 1.54) is 5.56 Å². The summed E-state index contributed by atoms with van der Waals surface area (Å²) in [7, 11) is 1.99. The minimum atomic E-state index is 0.285. The summed E-state index contributed by atoms with van der Waals surface area (Å²) in [4.78, 5) is 10.3. The molecule has 0 saturated carbocycles. The first-order chi connectivity index (χ1) is 8.54. The fourth-order valence-corrected chi connectivity index (χ4v) is 2.14. The molecule has 1 aromatic carbocycles. The Morgan fingerprint density at radius 3 is 2.50 bits per heavy atom. The van der Waals surface area contributed by atoms with Crippen molar-refractivity contribution in [2.24, 2.45) is 0 Å². The highest BCUT2D eigenvalue weighted by atomic mass is 79.9. The molecule has 2 rings (SSSR count). The molecule has 0 saturated heterocycles. The molecule has 0 bridgehead atoms. The van der Waals surface area contributed by atoms with Crippen LogP contribution in [0.4, 0.5) is 5.82 Å². The lowest BCUT2D eigenvalue weighted by atomic mass is 10.2. The summed E-state index contributed by atoms with van der Waals surface area (Å²) in [6.45, 7) is 2.69. The maximum atomic E-state index is 5.86. The normalized spacial score (nSPS) is 10.4. The SMILES string of the molecule is Cc1cc(N(C)Cc2ccc(Br)cc2)nc(Cl)n1. The van der Waals surface area contributed by atoms with Gasteiger partial charge in [-0.3, -0.25) is 0 Å². The molecule has 1 heterocycles. The van der Waals surface area contributed by atoms with Crippen LogP contribution in [0.2, 0.25) is 5.28 Å². The zero-order chi connectivity index (χ0) is 13.1. The predicted octanol–water partition coefficient (Wildman–Crippen LogP) is 3.84. The zero-order valence-electron chi connectivity index (χ0n) is 10.2. The molecule has 0 N–H and O–H groups in total. The second-order valence-electron chi connectivity index (χ2n) is 4.12. The molecule has 0 amide bonds. The Bertz CT molecular complexity index is 522. The van der Waals surface area contributed by atoms with Gasteiger partial charge in [0.1, 0.15) is 5.82 Å². The van der Waals surface area contributed by atoms with Crippen LogP contribution in [-0.2, 0) is 6.54 Å². The topological polar surface area (TPSA) is 29.0 Å². The van der Waals surface area contributed by atoms with Gasteiger partial charge in [0.25, 0.3) is 0 Å². The van der Waals surface area contributed by atoms with Crippen molar-refractivity contribution in [3.8, 4) is 0 Å². The number of nitrogens with zero attached hydrogens (tertiary/aromatic N) is 3. The highest BCUT2D eigenvalue weighted by Crippen LogP contribution is 2.17. The fraction of sp³-hybridized carbons (Fsp3) is 0.231. The van der Waals surface area contributed by atoms with Crippen LogP contribution >= 0.6 is 27.5 Å². The van der Waals surface area contributed by atoms with E-state index in [-0.39, 0.29) is 5.28 Å². The van der Waals surface area contributed by atoms with Crippen molar-refractivity contribution in [1.82, 2.24) is 9.97 Å². The van der Waals surface area contributed by atoms with Crippen LogP contribution in [0, 0.1) is 6.92 Å². The van der Waals surface area contributed by atoms with E-state index >= 15 is 0 Å². The summed E-state index contributed by atoms with van der Waals surface area (Å²) < 4.78 is 1.08. The van der Waals surface area contributed by atoms with Crippen LogP contribution in [0.15, 0.2) is 34.8 Å². The molecule has 5 heteroatoms. The lowest BCUT2D eigenvalue weighted by Gasteiger charge is -2.18. The van der Waals surface area contributed by atoms with Crippen molar-refractivity contribution < 1.29 is 0 Å². The molecule has 18 heavy (non-hydrogen) atoms. The fourth-order valence-electron chi connectivity index (χ4n) is 1.66. The number of hydrogen-bond donors (Lipinski definition) is 0. The van der Waals surface area contributed by atoms with Crippen LogP contribution < -0.4 is 4.90 Å². The lowest BCUT2D eigenvalue weighted by Crippen LogP contribution is -2.18. The molecule has 0 radical (unpaired) electrons. The molecule has 0 spiro atoms. The van der Waals surface area contributed by atoms with E-state index in [0.717, 1.165) is 22.5 Å². The van der Waals surface area contributed by atoms with Gasteiger partial charge in [0.05, 0.1) is 0 Å². The first-order valence-corrected chi connectivity index (χ1v) is 6.68. The van der Waals surface area contributed by atoms with Crippen LogP contribution in [0.3, 0.4) is 0 Å². The average molecular weight is 327 g/mol. The first-order valence-electron chi connectivity index (χ1n) is 5.51. The summed E-state index contributed by atoms with van der Waals surface area (Å²) in [5.74, 6) is 0.829. The van der Waals surface area contributed by atoms with E-state index in [1.807, 2.05) is 37.1 Å². The second-order valence-corrected chi connectivity index (χ2v) is 5.37. The summed E-state index contributed by atoms with van der Waals surface area (Å²) >= 11 is 9.29. The standard InChI is InChI=1S/C13H13BrClN3/c1-9-7-12(17-13(15)16-9)18(2)8-10-3-5-11(14)6-4-10/h3-7H,8H2,1-2H3. The number of rotatable bonds is 3. The summed E-state index contributed by atoms with van der Waals surface area (Å²) in [6.07, 6.45) is 0. The van der Waals surface area contributed by atoms with Gasteiger partial charge in [-0.05, 0) is 36.2 Å². The Morgan fingerprint density at radius 1 is 1.22 bits per heavy atom. The smallest absolute Gasteiger partial charge is 0.224 e. The van der Waals surface area contributed by atoms with Gasteiger partial charge < -0.3 is 4.90 Å². The number of halogens is 2. The largest absolute Gasteiger partial charge is 0.355 e. The maximum absolute atomic E-state index is 5.86. The molecular weight excluding hydrogens is 314 g/mol. The van der Waals surface area contributed by atoms with Crippen molar-refractivity contribution in [3.05, 3.63) is 51.3 Å². The van der Waals surface area contributed by atoms with Crippen LogP contribution in [0.25, 0.3) is 0 Å². The van der Waals surface area contributed by atoms with E-state index in [1.54, 1.807) is 0 Å². The minimum absolute atomic E-state index is 0.285. The van der Waals surface area contributed by atoms with Crippen molar-refractivity contribution in [1.29, 1.82) is 0 Å². The van der Waals surface area contributed by atoms with Gasteiger partial charge in [-0.15, -0.1) is 0 Å². The highest BCUT2D eigenvalue weighted by Gasteiger charge is 2.06. The molecule has 0 fully saturated rings. The summed E-state index contributed by atoms with van der Waals surface area (Å²) in [5, 5.41) is 0.285. The lowest BCUT2D eigenvalue weighted by molar-refractivity contribution is 0.886. The van der Waals surface area contributed by atoms with E-state index in [0.29, 0.717) is 0 Å². The minimum Gasteiger partial charge on any atom is -0.355 e. The van der Waals surface area contributed by atoms with Crippen molar-refractivity contribution in [2.45, 2.75) is 13.5 Å². The molecule has 0 unspecified atom stereocenters. The van der Waals surface area contributed by atoms with Crippen molar-refractivity contribution in [3.63, 3.8) is 0 Å². The van der Waals surface area contributed by atoms with E-state index < -0.39 is 0 Å². The number of aryl methyl sites for hydroxylation is 1. The molecule has 0 aliphatic rings. The van der Waals surface area contributed by atoms with Gasteiger partial charge in [-0.2, -0.15) is 0 Å². The third kappa shape index (κ3) is 3.43. The number of aromatic nitrogens is 2. The van der Waals surface area contributed by atoms with E-state index in [9.17, 15) is 0 Å². The average Bonchev–Trinajstić information content (AvgIpc) is 2.31. The van der Waals surface area contributed by atoms with Gasteiger partial charge >= 0.3 is 0 Å². The van der Waals surface area contributed by atoms with Gasteiger partial charge in [0.15, 0.2) is 0 Å². The molecule has 94 valence electrons. The highest BCUT2D eigenvalue weighted by molar-refractivity contribution is 9.10. The van der Waals surface area contributed by atoms with Crippen LogP contribution in [0.5, 0.6) is 0 Å². The molecule has 0 aliphatic carbocycles.